The summed E-state index contributed by atoms with van der Waals surface area (Å²) in [4.78, 5) is -0.00407. The molecule has 1 rings (SSSR count). The van der Waals surface area contributed by atoms with E-state index >= 15 is 0 Å². The van der Waals surface area contributed by atoms with Crippen LogP contribution >= 0.6 is 0 Å². The fourth-order valence-corrected chi connectivity index (χ4v) is 1.99. The third kappa shape index (κ3) is 1.89. The number of rotatable bonds is 1. The van der Waals surface area contributed by atoms with Crippen LogP contribution in [0.4, 0.5) is 0 Å². The van der Waals surface area contributed by atoms with Crippen molar-refractivity contribution < 1.29 is 13.0 Å². The van der Waals surface area contributed by atoms with Gasteiger partial charge in [-0.25, -0.2) is 0 Å². The van der Waals surface area contributed by atoms with Crippen molar-refractivity contribution >= 4 is 10.1 Å². The van der Waals surface area contributed by atoms with Crippen LogP contribution < -0.4 is 0 Å². The molecule has 13 heavy (non-hydrogen) atoms. The van der Waals surface area contributed by atoms with Crippen molar-refractivity contribution in [2.24, 2.45) is 0 Å². The maximum Gasteiger partial charge on any atom is 0.294 e. The normalized spacial score (nSPS) is 11.7. The predicted molar refractivity (Wildman–Crippen MR) is 50.5 cm³/mol. The Morgan fingerprint density at radius 1 is 1.08 bits per heavy atom. The Morgan fingerprint density at radius 3 is 2.08 bits per heavy atom. The third-order valence-electron chi connectivity index (χ3n) is 2.29. The van der Waals surface area contributed by atoms with Crippen LogP contribution in [0.2, 0.25) is 0 Å². The summed E-state index contributed by atoms with van der Waals surface area (Å²) in [5.41, 5.74) is 2.53. The highest BCUT2D eigenvalue weighted by Gasteiger charge is 2.14. The molecule has 0 aliphatic heterocycles. The molecule has 0 amide bonds. The molecule has 1 aromatic carbocycles. The Hall–Kier alpha value is -0.870. The third-order valence-corrected chi connectivity index (χ3v) is 3.28. The van der Waals surface area contributed by atoms with Gasteiger partial charge in [0.2, 0.25) is 0 Å². The van der Waals surface area contributed by atoms with Gasteiger partial charge in [0.05, 0.1) is 4.90 Å². The van der Waals surface area contributed by atoms with E-state index in [1.54, 1.807) is 13.0 Å². The molecule has 1 N–H and O–H groups in total. The molecule has 0 fully saturated rings. The van der Waals surface area contributed by atoms with Crippen LogP contribution in [0.1, 0.15) is 16.7 Å². The highest BCUT2D eigenvalue weighted by molar-refractivity contribution is 7.85. The molecule has 0 saturated heterocycles. The summed E-state index contributed by atoms with van der Waals surface area (Å²) in [6, 6.07) is 3.11. The summed E-state index contributed by atoms with van der Waals surface area (Å²) < 4.78 is 30.6. The molecular formula is C9H12O3S. The molecule has 3 nitrogen and oxygen atoms in total. The molecule has 0 saturated carbocycles. The van der Waals surface area contributed by atoms with E-state index in [9.17, 15) is 8.42 Å². The quantitative estimate of drug-likeness (QED) is 0.704. The molecule has 4 heteroatoms. The second-order valence-corrected chi connectivity index (χ2v) is 4.50. The van der Waals surface area contributed by atoms with Crippen LogP contribution in [0.3, 0.4) is 0 Å². The molecule has 0 heterocycles. The monoisotopic (exact) mass is 200 g/mol. The minimum absolute atomic E-state index is 0.00407. The second-order valence-electron chi connectivity index (χ2n) is 3.11. The lowest BCUT2D eigenvalue weighted by molar-refractivity contribution is 0.482. The van der Waals surface area contributed by atoms with E-state index in [0.717, 1.165) is 11.1 Å². The average molecular weight is 200 g/mol. The molecule has 0 radical (unpaired) electrons. The zero-order chi connectivity index (χ0) is 10.2. The van der Waals surface area contributed by atoms with Gasteiger partial charge < -0.3 is 0 Å². The molecule has 0 atom stereocenters. The summed E-state index contributed by atoms with van der Waals surface area (Å²) >= 11 is 0. The summed E-state index contributed by atoms with van der Waals surface area (Å²) in [6.07, 6.45) is 0. The Balaban J connectivity index is 3.53. The molecule has 1 aromatic rings. The van der Waals surface area contributed by atoms with Crippen molar-refractivity contribution in [3.63, 3.8) is 0 Å². The molecule has 0 aliphatic rings. The number of hydrogen-bond acceptors (Lipinski definition) is 2. The van der Waals surface area contributed by atoms with Crippen molar-refractivity contribution in [2.75, 3.05) is 0 Å². The van der Waals surface area contributed by atoms with Crippen LogP contribution in [0.15, 0.2) is 17.0 Å². The maximum atomic E-state index is 10.9. The first-order valence-electron chi connectivity index (χ1n) is 3.88. The van der Waals surface area contributed by atoms with E-state index in [2.05, 4.69) is 0 Å². The van der Waals surface area contributed by atoms with Crippen molar-refractivity contribution in [3.8, 4) is 0 Å². The fraction of sp³-hybridized carbons (Fsp3) is 0.333. The predicted octanol–water partition coefficient (Wildman–Crippen LogP) is 1.86. The van der Waals surface area contributed by atoms with Crippen molar-refractivity contribution in [2.45, 2.75) is 25.7 Å². The highest BCUT2D eigenvalue weighted by Crippen LogP contribution is 2.20. The van der Waals surface area contributed by atoms with E-state index in [4.69, 9.17) is 4.55 Å². The SMILES string of the molecule is Cc1ccc(S(=O)(=O)O)c(C)c1C. The van der Waals surface area contributed by atoms with Crippen molar-refractivity contribution in [1.82, 2.24) is 0 Å². The summed E-state index contributed by atoms with van der Waals surface area (Å²) in [7, 11) is -4.07. The number of hydrogen-bond donors (Lipinski definition) is 1. The van der Waals surface area contributed by atoms with Crippen LogP contribution in [0, 0.1) is 20.8 Å². The summed E-state index contributed by atoms with van der Waals surface area (Å²) in [5, 5.41) is 0. The van der Waals surface area contributed by atoms with Crippen LogP contribution in [0.25, 0.3) is 0 Å². The largest absolute Gasteiger partial charge is 0.294 e. The number of benzene rings is 1. The van der Waals surface area contributed by atoms with Gasteiger partial charge in [0.25, 0.3) is 10.1 Å². The lowest BCUT2D eigenvalue weighted by atomic mass is 10.1. The zero-order valence-corrected chi connectivity index (χ0v) is 8.64. The van der Waals surface area contributed by atoms with Gasteiger partial charge in [0, 0.05) is 0 Å². The molecule has 72 valence electrons. The van der Waals surface area contributed by atoms with Gasteiger partial charge in [-0.05, 0) is 43.5 Å². The van der Waals surface area contributed by atoms with E-state index in [1.165, 1.54) is 6.07 Å². The van der Waals surface area contributed by atoms with E-state index in [1.807, 2.05) is 13.8 Å². The van der Waals surface area contributed by atoms with E-state index < -0.39 is 10.1 Å². The number of aryl methyl sites for hydroxylation is 1. The topological polar surface area (TPSA) is 54.4 Å². The Labute approximate surface area is 78.2 Å². The Bertz CT molecular complexity index is 432. The van der Waals surface area contributed by atoms with Gasteiger partial charge in [-0.15, -0.1) is 0 Å². The van der Waals surface area contributed by atoms with Crippen molar-refractivity contribution in [1.29, 1.82) is 0 Å². The van der Waals surface area contributed by atoms with Crippen molar-refractivity contribution in [3.05, 3.63) is 28.8 Å². The van der Waals surface area contributed by atoms with Gasteiger partial charge >= 0.3 is 0 Å². The van der Waals surface area contributed by atoms with Gasteiger partial charge in [-0.3, -0.25) is 4.55 Å². The molecular weight excluding hydrogens is 188 g/mol. The zero-order valence-electron chi connectivity index (χ0n) is 7.83. The smallest absolute Gasteiger partial charge is 0.282 e. The minimum Gasteiger partial charge on any atom is -0.282 e. The molecule has 0 aliphatic carbocycles. The Morgan fingerprint density at radius 2 is 1.62 bits per heavy atom. The summed E-state index contributed by atoms with van der Waals surface area (Å²) in [5.74, 6) is 0. The Kier molecular flexibility index (Phi) is 2.45. The van der Waals surface area contributed by atoms with E-state index in [-0.39, 0.29) is 4.90 Å². The lowest BCUT2D eigenvalue weighted by Crippen LogP contribution is -2.02. The first-order valence-corrected chi connectivity index (χ1v) is 5.32. The lowest BCUT2D eigenvalue weighted by Gasteiger charge is -2.07. The van der Waals surface area contributed by atoms with Gasteiger partial charge in [0.1, 0.15) is 0 Å². The molecule has 0 spiro atoms. The van der Waals surface area contributed by atoms with Gasteiger partial charge in [-0.1, -0.05) is 6.07 Å². The first-order chi connectivity index (χ1) is 5.84. The van der Waals surface area contributed by atoms with Crippen LogP contribution in [-0.2, 0) is 10.1 Å². The van der Waals surface area contributed by atoms with Gasteiger partial charge in [-0.2, -0.15) is 8.42 Å². The highest BCUT2D eigenvalue weighted by atomic mass is 32.2. The standard InChI is InChI=1S/C9H12O3S/c1-6-4-5-9(13(10,11)12)8(3)7(6)2/h4-5H,1-3H3,(H,10,11,12). The molecule has 0 aromatic heterocycles. The minimum atomic E-state index is -4.07. The van der Waals surface area contributed by atoms with Crippen LogP contribution in [-0.4, -0.2) is 13.0 Å². The molecule has 0 unspecified atom stereocenters. The summed E-state index contributed by atoms with van der Waals surface area (Å²) in [6.45, 7) is 5.42. The van der Waals surface area contributed by atoms with E-state index in [0.29, 0.717) is 5.56 Å². The second kappa shape index (κ2) is 3.12. The average Bonchev–Trinajstić information content (AvgIpc) is 1.98. The first kappa shape index (κ1) is 10.2. The fourth-order valence-electron chi connectivity index (χ4n) is 1.21. The van der Waals surface area contributed by atoms with Gasteiger partial charge in [0.15, 0.2) is 0 Å². The van der Waals surface area contributed by atoms with Crippen LogP contribution in [0.5, 0.6) is 0 Å². The molecule has 0 bridgehead atoms. The maximum absolute atomic E-state index is 10.9.